The molecule has 158 valence electrons. The molecule has 0 aliphatic rings. The van der Waals surface area contributed by atoms with Crippen LogP contribution in [0.1, 0.15) is 39.8 Å². The van der Waals surface area contributed by atoms with Crippen molar-refractivity contribution in [3.05, 3.63) is 80.7 Å². The van der Waals surface area contributed by atoms with Gasteiger partial charge in [-0.1, -0.05) is 30.3 Å². The van der Waals surface area contributed by atoms with Crippen LogP contribution in [0, 0.1) is 35.3 Å². The molecule has 0 aliphatic heterocycles. The minimum atomic E-state index is -0.619. The van der Waals surface area contributed by atoms with Gasteiger partial charge in [0.2, 0.25) is 0 Å². The van der Waals surface area contributed by atoms with E-state index in [9.17, 15) is 20.2 Å². The Labute approximate surface area is 179 Å². The number of nitro benzene ring substituents is 1. The lowest BCUT2D eigenvalue weighted by atomic mass is 10.00. The molecular weight excluding hydrogens is 396 g/mol. The first-order valence-electron chi connectivity index (χ1n) is 9.74. The number of esters is 1. The first-order valence-corrected chi connectivity index (χ1v) is 9.74. The fourth-order valence-corrected chi connectivity index (χ4v) is 3.40. The molecule has 8 nitrogen and oxygen atoms in total. The van der Waals surface area contributed by atoms with Crippen molar-refractivity contribution in [2.24, 2.45) is 0 Å². The molecule has 0 saturated carbocycles. The lowest BCUT2D eigenvalue weighted by molar-refractivity contribution is -0.384. The number of nitrogens with one attached hydrogen (secondary N) is 2. The highest BCUT2D eigenvalue weighted by Gasteiger charge is 2.22. The van der Waals surface area contributed by atoms with Crippen molar-refractivity contribution in [1.82, 2.24) is 4.98 Å². The Morgan fingerprint density at radius 1 is 1.23 bits per heavy atom. The highest BCUT2D eigenvalue weighted by atomic mass is 16.6. The molecule has 0 saturated heterocycles. The number of carbonyl (C=O) groups is 1. The maximum Gasteiger partial charge on any atom is 0.340 e. The number of anilines is 1. The van der Waals surface area contributed by atoms with E-state index in [1.807, 2.05) is 38.1 Å². The van der Waals surface area contributed by atoms with E-state index in [1.165, 1.54) is 18.2 Å². The van der Waals surface area contributed by atoms with E-state index >= 15 is 0 Å². The van der Waals surface area contributed by atoms with E-state index in [0.29, 0.717) is 5.69 Å². The Bertz CT molecular complexity index is 1170. The van der Waals surface area contributed by atoms with Gasteiger partial charge in [-0.15, -0.1) is 0 Å². The standard InChI is InChI=1S/C23H22N4O4/c1-4-31-23(28)18-6-5-7-20(27(29)30)22(18)25-13-16-8-10-17(11-9-16)21-14(2)15(3)26-19(21)12-24/h5-11,25-26H,4,13H2,1-3H3. The summed E-state index contributed by atoms with van der Waals surface area (Å²) < 4.78 is 5.02. The van der Waals surface area contributed by atoms with Crippen molar-refractivity contribution in [2.75, 3.05) is 11.9 Å². The number of aromatic amines is 1. The number of para-hydroxylation sites is 1. The number of H-pyrrole nitrogens is 1. The average molecular weight is 418 g/mol. The van der Waals surface area contributed by atoms with Crippen molar-refractivity contribution >= 4 is 17.3 Å². The molecule has 0 amide bonds. The lowest BCUT2D eigenvalue weighted by Gasteiger charge is -2.12. The highest BCUT2D eigenvalue weighted by Crippen LogP contribution is 2.31. The highest BCUT2D eigenvalue weighted by molar-refractivity contribution is 5.98. The van der Waals surface area contributed by atoms with Gasteiger partial charge in [-0.2, -0.15) is 5.26 Å². The predicted octanol–water partition coefficient (Wildman–Crippen LogP) is 4.87. The second kappa shape index (κ2) is 9.13. The molecule has 0 bridgehead atoms. The largest absolute Gasteiger partial charge is 0.462 e. The van der Waals surface area contributed by atoms with Gasteiger partial charge in [0.25, 0.3) is 5.69 Å². The Kier molecular flexibility index (Phi) is 6.36. The van der Waals surface area contributed by atoms with Gasteiger partial charge in [-0.25, -0.2) is 4.79 Å². The van der Waals surface area contributed by atoms with Crippen LogP contribution in [-0.4, -0.2) is 22.5 Å². The zero-order valence-corrected chi connectivity index (χ0v) is 17.5. The number of aryl methyl sites for hydroxylation is 1. The van der Waals surface area contributed by atoms with Crippen LogP contribution in [0.15, 0.2) is 42.5 Å². The number of nitro groups is 1. The van der Waals surface area contributed by atoms with Gasteiger partial charge in [-0.05, 0) is 43.5 Å². The van der Waals surface area contributed by atoms with Gasteiger partial charge in [0.1, 0.15) is 17.5 Å². The molecule has 1 heterocycles. The molecule has 0 aliphatic carbocycles. The van der Waals surface area contributed by atoms with Gasteiger partial charge >= 0.3 is 5.97 Å². The van der Waals surface area contributed by atoms with Gasteiger partial charge in [0, 0.05) is 23.9 Å². The molecule has 0 radical (unpaired) electrons. The summed E-state index contributed by atoms with van der Waals surface area (Å²) in [4.78, 5) is 26.2. The van der Waals surface area contributed by atoms with Gasteiger partial charge in [-0.3, -0.25) is 10.1 Å². The van der Waals surface area contributed by atoms with Crippen LogP contribution >= 0.6 is 0 Å². The minimum absolute atomic E-state index is 0.116. The van der Waals surface area contributed by atoms with Crippen molar-refractivity contribution < 1.29 is 14.5 Å². The molecular formula is C23H22N4O4. The van der Waals surface area contributed by atoms with Crippen LogP contribution in [0.3, 0.4) is 0 Å². The summed E-state index contributed by atoms with van der Waals surface area (Å²) in [6.07, 6.45) is 0. The zero-order valence-electron chi connectivity index (χ0n) is 17.5. The van der Waals surface area contributed by atoms with Crippen molar-refractivity contribution in [3.8, 4) is 17.2 Å². The summed E-state index contributed by atoms with van der Waals surface area (Å²) in [5.41, 5.74) is 5.15. The molecule has 2 aromatic carbocycles. The number of rotatable bonds is 7. The molecule has 2 N–H and O–H groups in total. The maximum atomic E-state index is 12.2. The lowest BCUT2D eigenvalue weighted by Crippen LogP contribution is -2.11. The summed E-state index contributed by atoms with van der Waals surface area (Å²) in [6.45, 7) is 6.00. The molecule has 3 rings (SSSR count). The number of benzene rings is 2. The first kappa shape index (κ1) is 21.6. The number of carbonyl (C=O) groups excluding carboxylic acids is 1. The third-order valence-electron chi connectivity index (χ3n) is 5.06. The number of nitrogens with zero attached hydrogens (tertiary/aromatic N) is 2. The topological polar surface area (TPSA) is 121 Å². The average Bonchev–Trinajstić information content (AvgIpc) is 3.06. The van der Waals surface area contributed by atoms with E-state index in [0.717, 1.165) is 27.9 Å². The van der Waals surface area contributed by atoms with Gasteiger partial charge in [0.15, 0.2) is 0 Å². The Morgan fingerprint density at radius 3 is 2.55 bits per heavy atom. The first-order chi connectivity index (χ1) is 14.9. The van der Waals surface area contributed by atoms with Crippen molar-refractivity contribution in [2.45, 2.75) is 27.3 Å². The van der Waals surface area contributed by atoms with Crippen LogP contribution in [-0.2, 0) is 11.3 Å². The third-order valence-corrected chi connectivity index (χ3v) is 5.06. The maximum absolute atomic E-state index is 12.2. The summed E-state index contributed by atoms with van der Waals surface area (Å²) in [6, 6.07) is 14.0. The second-order valence-electron chi connectivity index (χ2n) is 6.96. The third kappa shape index (κ3) is 4.41. The molecule has 8 heteroatoms. The Balaban J connectivity index is 1.87. The van der Waals surface area contributed by atoms with E-state index in [2.05, 4.69) is 16.4 Å². The second-order valence-corrected chi connectivity index (χ2v) is 6.96. The summed E-state index contributed by atoms with van der Waals surface area (Å²) in [7, 11) is 0. The van der Waals surface area contributed by atoms with Crippen LogP contribution in [0.25, 0.3) is 11.1 Å². The van der Waals surface area contributed by atoms with Gasteiger partial charge in [0.05, 0.1) is 17.1 Å². The van der Waals surface area contributed by atoms with E-state index in [4.69, 9.17) is 4.74 Å². The summed E-state index contributed by atoms with van der Waals surface area (Å²) in [5.74, 6) is -0.619. The van der Waals surface area contributed by atoms with Crippen molar-refractivity contribution in [3.63, 3.8) is 0 Å². The summed E-state index contributed by atoms with van der Waals surface area (Å²) in [5, 5.41) is 23.8. The predicted molar refractivity (Wildman–Crippen MR) is 117 cm³/mol. The number of nitriles is 1. The normalized spacial score (nSPS) is 10.4. The van der Waals surface area contributed by atoms with Crippen molar-refractivity contribution in [1.29, 1.82) is 5.26 Å². The Hall–Kier alpha value is -4.12. The van der Waals surface area contributed by atoms with E-state index < -0.39 is 10.9 Å². The SMILES string of the molecule is CCOC(=O)c1cccc([N+](=O)[O-])c1NCc1ccc(-c2c(C#N)[nH]c(C)c2C)cc1. The molecule has 0 spiro atoms. The zero-order chi connectivity index (χ0) is 22.5. The number of ether oxygens (including phenoxy) is 1. The van der Waals surface area contributed by atoms with E-state index in [-0.39, 0.29) is 30.1 Å². The Morgan fingerprint density at radius 2 is 1.94 bits per heavy atom. The molecule has 31 heavy (non-hydrogen) atoms. The van der Waals surface area contributed by atoms with Crippen LogP contribution in [0.4, 0.5) is 11.4 Å². The summed E-state index contributed by atoms with van der Waals surface area (Å²) >= 11 is 0. The quantitative estimate of drug-likeness (QED) is 0.321. The monoisotopic (exact) mass is 418 g/mol. The van der Waals surface area contributed by atoms with Crippen LogP contribution < -0.4 is 5.32 Å². The molecule has 3 aromatic rings. The molecule has 1 aromatic heterocycles. The number of hydrogen-bond donors (Lipinski definition) is 2. The van der Waals surface area contributed by atoms with Crippen LogP contribution in [0.2, 0.25) is 0 Å². The minimum Gasteiger partial charge on any atom is -0.462 e. The molecule has 0 unspecified atom stereocenters. The fourth-order valence-electron chi connectivity index (χ4n) is 3.40. The van der Waals surface area contributed by atoms with E-state index in [1.54, 1.807) is 6.92 Å². The molecule has 0 fully saturated rings. The fraction of sp³-hybridized carbons (Fsp3) is 0.217. The number of hydrogen-bond acceptors (Lipinski definition) is 6. The molecule has 0 atom stereocenters. The van der Waals surface area contributed by atoms with Gasteiger partial charge < -0.3 is 15.0 Å². The number of aromatic nitrogens is 1. The van der Waals surface area contributed by atoms with Crippen LogP contribution in [0.5, 0.6) is 0 Å². The smallest absolute Gasteiger partial charge is 0.340 e.